The maximum Gasteiger partial charge on any atom is 0.335 e. The van der Waals surface area contributed by atoms with E-state index in [0.717, 1.165) is 10.8 Å². The molecule has 22 heavy (non-hydrogen) atoms. The Morgan fingerprint density at radius 1 is 0.864 bits per heavy atom. The molecule has 0 radical (unpaired) electrons. The maximum atomic E-state index is 10.3. The third kappa shape index (κ3) is 3.46. The number of carbonyl (C=O) groups is 1. The molecule has 3 aromatic carbocycles. The average Bonchev–Trinajstić information content (AvgIpc) is 2.49. The van der Waals surface area contributed by atoms with Gasteiger partial charge in [0, 0.05) is 22.1 Å². The molecule has 0 aliphatic heterocycles. The van der Waals surface area contributed by atoms with Crippen LogP contribution < -0.4 is 11.5 Å². The molecule has 0 spiro atoms. The van der Waals surface area contributed by atoms with E-state index >= 15 is 0 Å². The van der Waals surface area contributed by atoms with Crippen LogP contribution in [0, 0.1) is 0 Å². The van der Waals surface area contributed by atoms with E-state index in [4.69, 9.17) is 16.6 Å². The van der Waals surface area contributed by atoms with E-state index in [1.165, 1.54) is 12.1 Å². The maximum absolute atomic E-state index is 10.3. The Morgan fingerprint density at radius 3 is 2.09 bits per heavy atom. The number of hydrogen-bond acceptors (Lipinski definition) is 4. The minimum Gasteiger partial charge on any atom is -0.507 e. The van der Waals surface area contributed by atoms with Gasteiger partial charge in [-0.1, -0.05) is 30.3 Å². The van der Waals surface area contributed by atoms with E-state index in [9.17, 15) is 9.90 Å². The fourth-order valence-electron chi connectivity index (χ4n) is 1.99. The summed E-state index contributed by atoms with van der Waals surface area (Å²) < 4.78 is 0. The first-order chi connectivity index (χ1) is 10.5. The standard InChI is InChI=1S/C10H9NO.C7H7NO2/c11-9-5-1-4-8-7(9)3-2-6-10(8)12;8-6-3-1-2-5(4-6)7(9)10/h1-6,12H,11H2;1-4H,8H2,(H,9,10). The number of anilines is 2. The van der Waals surface area contributed by atoms with Gasteiger partial charge in [-0.05, 0) is 30.3 Å². The monoisotopic (exact) mass is 296 g/mol. The zero-order valence-corrected chi connectivity index (χ0v) is 11.7. The molecule has 0 atom stereocenters. The normalized spacial score (nSPS) is 9.82. The van der Waals surface area contributed by atoms with Crippen molar-refractivity contribution in [1.29, 1.82) is 0 Å². The number of rotatable bonds is 1. The number of phenols is 1. The topological polar surface area (TPSA) is 110 Å². The number of aromatic carboxylic acids is 1. The van der Waals surface area contributed by atoms with Gasteiger partial charge in [0.25, 0.3) is 0 Å². The van der Waals surface area contributed by atoms with E-state index in [-0.39, 0.29) is 11.3 Å². The molecule has 0 aliphatic rings. The highest BCUT2D eigenvalue weighted by Gasteiger charge is 2.00. The number of aromatic hydroxyl groups is 1. The van der Waals surface area contributed by atoms with Crippen LogP contribution in [0.2, 0.25) is 0 Å². The highest BCUT2D eigenvalue weighted by atomic mass is 16.4. The SMILES string of the molecule is Nc1cccc(C(=O)O)c1.Nc1cccc2c(O)cccc12. The van der Waals surface area contributed by atoms with Gasteiger partial charge in [-0.2, -0.15) is 0 Å². The molecule has 0 saturated heterocycles. The molecule has 3 aromatic rings. The van der Waals surface area contributed by atoms with Crippen LogP contribution >= 0.6 is 0 Å². The molecule has 0 saturated carbocycles. The summed E-state index contributed by atoms with van der Waals surface area (Å²) in [6, 6.07) is 17.0. The third-order valence-corrected chi connectivity index (χ3v) is 3.07. The van der Waals surface area contributed by atoms with Crippen molar-refractivity contribution in [1.82, 2.24) is 0 Å². The summed E-state index contributed by atoms with van der Waals surface area (Å²) in [6.07, 6.45) is 0. The zero-order chi connectivity index (χ0) is 16.1. The number of nitrogens with two attached hydrogens (primary N) is 2. The molecular formula is C17H16N2O3. The largest absolute Gasteiger partial charge is 0.507 e. The minimum atomic E-state index is -0.952. The Balaban J connectivity index is 0.000000164. The molecule has 0 fully saturated rings. The van der Waals surface area contributed by atoms with Crippen LogP contribution in [0.15, 0.2) is 60.7 Å². The van der Waals surface area contributed by atoms with Crippen molar-refractivity contribution in [2.45, 2.75) is 0 Å². The quantitative estimate of drug-likeness (QED) is 0.516. The Kier molecular flexibility index (Phi) is 4.48. The van der Waals surface area contributed by atoms with Crippen molar-refractivity contribution in [3.63, 3.8) is 0 Å². The highest BCUT2D eigenvalue weighted by Crippen LogP contribution is 2.27. The molecule has 0 amide bonds. The predicted octanol–water partition coefficient (Wildman–Crippen LogP) is 3.09. The molecule has 5 nitrogen and oxygen atoms in total. The van der Waals surface area contributed by atoms with Crippen molar-refractivity contribution in [2.75, 3.05) is 11.5 Å². The van der Waals surface area contributed by atoms with Gasteiger partial charge in [0.05, 0.1) is 5.56 Å². The second kappa shape index (κ2) is 6.49. The lowest BCUT2D eigenvalue weighted by atomic mass is 10.1. The first-order valence-electron chi connectivity index (χ1n) is 6.54. The van der Waals surface area contributed by atoms with Crippen molar-refractivity contribution in [2.24, 2.45) is 0 Å². The van der Waals surface area contributed by atoms with Crippen LogP contribution in [0.4, 0.5) is 11.4 Å². The van der Waals surface area contributed by atoms with Gasteiger partial charge in [-0.25, -0.2) is 4.79 Å². The second-order valence-electron chi connectivity index (χ2n) is 4.65. The zero-order valence-electron chi connectivity index (χ0n) is 11.7. The predicted molar refractivity (Wildman–Crippen MR) is 87.8 cm³/mol. The number of phenolic OH excluding ortho intramolecular Hbond substituents is 1. The van der Waals surface area contributed by atoms with Crippen LogP contribution in [0.3, 0.4) is 0 Å². The number of carboxylic acid groups (broad SMARTS) is 1. The molecular weight excluding hydrogens is 280 g/mol. The molecule has 5 heteroatoms. The van der Waals surface area contributed by atoms with Gasteiger partial charge in [0.1, 0.15) is 5.75 Å². The first-order valence-corrected chi connectivity index (χ1v) is 6.54. The fourth-order valence-corrected chi connectivity index (χ4v) is 1.99. The average molecular weight is 296 g/mol. The fraction of sp³-hybridized carbons (Fsp3) is 0. The van der Waals surface area contributed by atoms with E-state index in [2.05, 4.69) is 0 Å². The van der Waals surface area contributed by atoms with Crippen molar-refractivity contribution in [3.05, 3.63) is 66.2 Å². The Hall–Kier alpha value is -3.21. The van der Waals surface area contributed by atoms with E-state index in [1.54, 1.807) is 24.3 Å². The first kappa shape index (κ1) is 15.2. The van der Waals surface area contributed by atoms with Gasteiger partial charge in [-0.15, -0.1) is 0 Å². The molecule has 6 N–H and O–H groups in total. The number of carboxylic acids is 1. The summed E-state index contributed by atoms with van der Waals surface area (Å²) in [6.45, 7) is 0. The van der Waals surface area contributed by atoms with Gasteiger partial charge in [0.2, 0.25) is 0 Å². The lowest BCUT2D eigenvalue weighted by Gasteiger charge is -2.02. The molecule has 112 valence electrons. The second-order valence-corrected chi connectivity index (χ2v) is 4.65. The lowest BCUT2D eigenvalue weighted by Crippen LogP contribution is -1.96. The van der Waals surface area contributed by atoms with Crippen LogP contribution in [-0.2, 0) is 0 Å². The molecule has 0 aliphatic carbocycles. The van der Waals surface area contributed by atoms with Crippen molar-refractivity contribution >= 4 is 28.1 Å². The van der Waals surface area contributed by atoms with Crippen LogP contribution in [0.5, 0.6) is 5.75 Å². The minimum absolute atomic E-state index is 0.222. The summed E-state index contributed by atoms with van der Waals surface area (Å²) in [4.78, 5) is 10.3. The van der Waals surface area contributed by atoms with Crippen molar-refractivity contribution in [3.8, 4) is 5.75 Å². The number of fused-ring (bicyclic) bond motifs is 1. The Morgan fingerprint density at radius 2 is 1.50 bits per heavy atom. The highest BCUT2D eigenvalue weighted by molar-refractivity contribution is 5.96. The summed E-state index contributed by atoms with van der Waals surface area (Å²) in [5.74, 6) is -0.674. The summed E-state index contributed by atoms with van der Waals surface area (Å²) >= 11 is 0. The number of benzene rings is 3. The van der Waals surface area contributed by atoms with Gasteiger partial charge in [-0.3, -0.25) is 0 Å². The van der Waals surface area contributed by atoms with Crippen LogP contribution in [0.1, 0.15) is 10.4 Å². The lowest BCUT2D eigenvalue weighted by molar-refractivity contribution is 0.0697. The third-order valence-electron chi connectivity index (χ3n) is 3.07. The van der Waals surface area contributed by atoms with Crippen molar-refractivity contribution < 1.29 is 15.0 Å². The van der Waals surface area contributed by atoms with E-state index in [0.29, 0.717) is 11.4 Å². The van der Waals surface area contributed by atoms with Crippen LogP contribution in [0.25, 0.3) is 10.8 Å². The summed E-state index contributed by atoms with van der Waals surface area (Å²) in [5.41, 5.74) is 12.4. The van der Waals surface area contributed by atoms with E-state index < -0.39 is 5.97 Å². The molecule has 0 bridgehead atoms. The van der Waals surface area contributed by atoms with Crippen LogP contribution in [-0.4, -0.2) is 16.2 Å². The van der Waals surface area contributed by atoms with E-state index in [1.807, 2.05) is 24.3 Å². The number of hydrogen-bond donors (Lipinski definition) is 4. The van der Waals surface area contributed by atoms with Gasteiger partial charge < -0.3 is 21.7 Å². The summed E-state index contributed by atoms with van der Waals surface area (Å²) in [5, 5.41) is 19.6. The molecule has 0 unspecified atom stereocenters. The Labute approximate surface area is 127 Å². The summed E-state index contributed by atoms with van der Waals surface area (Å²) in [7, 11) is 0. The Bertz CT molecular complexity index is 775. The van der Waals surface area contributed by atoms with Gasteiger partial charge in [0.15, 0.2) is 0 Å². The number of nitrogen functional groups attached to an aromatic ring is 2. The smallest absolute Gasteiger partial charge is 0.335 e. The molecule has 3 rings (SSSR count). The molecule has 0 heterocycles. The molecule has 0 aromatic heterocycles. The van der Waals surface area contributed by atoms with Gasteiger partial charge >= 0.3 is 5.97 Å².